The lowest BCUT2D eigenvalue weighted by Crippen LogP contribution is -2.48. The lowest BCUT2D eigenvalue weighted by atomic mass is 10.1. The van der Waals surface area contributed by atoms with Gasteiger partial charge in [-0.15, -0.1) is 11.3 Å². The van der Waals surface area contributed by atoms with Gasteiger partial charge in [-0.2, -0.15) is 13.2 Å². The fraction of sp³-hybridized carbons (Fsp3) is 0.435. The van der Waals surface area contributed by atoms with Crippen LogP contribution in [0.25, 0.3) is 10.2 Å². The molecule has 0 aliphatic carbocycles. The van der Waals surface area contributed by atoms with Crippen LogP contribution < -0.4 is 0 Å². The second-order valence-corrected chi connectivity index (χ2v) is 9.08. The van der Waals surface area contributed by atoms with E-state index >= 15 is 0 Å². The van der Waals surface area contributed by atoms with Crippen molar-refractivity contribution >= 4 is 27.5 Å². The molecule has 2 aromatic heterocycles. The van der Waals surface area contributed by atoms with E-state index in [1.807, 2.05) is 25.7 Å². The molecule has 4 rings (SSSR count). The maximum Gasteiger partial charge on any atom is 0.416 e. The van der Waals surface area contributed by atoms with Gasteiger partial charge in [0.05, 0.1) is 10.4 Å². The molecule has 0 spiro atoms. The van der Waals surface area contributed by atoms with Gasteiger partial charge in [0.1, 0.15) is 10.7 Å². The Bertz CT molecular complexity index is 1130. The highest BCUT2D eigenvalue weighted by atomic mass is 32.1. The van der Waals surface area contributed by atoms with Crippen LogP contribution in [-0.4, -0.2) is 51.9 Å². The molecule has 1 amide bonds. The summed E-state index contributed by atoms with van der Waals surface area (Å²) in [5.74, 6) is 0.796. The lowest BCUT2D eigenvalue weighted by molar-refractivity contribution is -0.137. The van der Waals surface area contributed by atoms with E-state index in [1.54, 1.807) is 0 Å². The van der Waals surface area contributed by atoms with E-state index in [4.69, 9.17) is 0 Å². The zero-order valence-electron chi connectivity index (χ0n) is 18.3. The van der Waals surface area contributed by atoms with Crippen LogP contribution in [0.4, 0.5) is 13.2 Å². The van der Waals surface area contributed by atoms with Gasteiger partial charge < -0.3 is 4.90 Å². The van der Waals surface area contributed by atoms with Gasteiger partial charge in [-0.1, -0.05) is 19.1 Å². The summed E-state index contributed by atoms with van der Waals surface area (Å²) in [5.41, 5.74) is 2.03. The van der Waals surface area contributed by atoms with Gasteiger partial charge in [0.15, 0.2) is 0 Å². The number of alkyl halides is 3. The van der Waals surface area contributed by atoms with Crippen molar-refractivity contribution in [2.75, 3.05) is 26.2 Å². The number of hydrogen-bond acceptors (Lipinski definition) is 5. The zero-order valence-corrected chi connectivity index (χ0v) is 19.1. The number of piperazine rings is 1. The van der Waals surface area contributed by atoms with Gasteiger partial charge in [0, 0.05) is 50.2 Å². The van der Waals surface area contributed by atoms with Crippen molar-refractivity contribution in [1.82, 2.24) is 19.8 Å². The third-order valence-electron chi connectivity index (χ3n) is 5.87. The quantitative estimate of drug-likeness (QED) is 0.556. The van der Waals surface area contributed by atoms with Gasteiger partial charge >= 0.3 is 6.18 Å². The molecule has 0 saturated carbocycles. The van der Waals surface area contributed by atoms with Crippen LogP contribution in [0.3, 0.4) is 0 Å². The van der Waals surface area contributed by atoms with Crippen LogP contribution in [-0.2, 0) is 19.1 Å². The molecule has 170 valence electrons. The number of amides is 1. The van der Waals surface area contributed by atoms with E-state index in [1.165, 1.54) is 23.5 Å². The summed E-state index contributed by atoms with van der Waals surface area (Å²) in [6.45, 7) is 9.00. The van der Waals surface area contributed by atoms with E-state index in [0.29, 0.717) is 37.6 Å². The number of thiophene rings is 1. The average molecular weight is 463 g/mol. The number of fused-ring (bicyclic) bond motifs is 1. The van der Waals surface area contributed by atoms with Crippen molar-refractivity contribution in [2.24, 2.45) is 0 Å². The smallest absolute Gasteiger partial charge is 0.335 e. The average Bonchev–Trinajstić information content (AvgIpc) is 3.10. The summed E-state index contributed by atoms with van der Waals surface area (Å²) < 4.78 is 38.2. The molecule has 1 aliphatic rings. The predicted molar refractivity (Wildman–Crippen MR) is 119 cm³/mol. The van der Waals surface area contributed by atoms with Crippen molar-refractivity contribution in [1.29, 1.82) is 0 Å². The first-order chi connectivity index (χ1) is 15.2. The first-order valence-electron chi connectivity index (χ1n) is 10.6. The number of rotatable bonds is 4. The van der Waals surface area contributed by atoms with Gasteiger partial charge in [-0.05, 0) is 37.1 Å². The second kappa shape index (κ2) is 8.78. The first-order valence-corrected chi connectivity index (χ1v) is 11.4. The van der Waals surface area contributed by atoms with E-state index in [-0.39, 0.29) is 5.91 Å². The topological polar surface area (TPSA) is 49.3 Å². The van der Waals surface area contributed by atoms with Crippen molar-refractivity contribution < 1.29 is 18.0 Å². The molecule has 3 heterocycles. The van der Waals surface area contributed by atoms with Crippen molar-refractivity contribution in [2.45, 2.75) is 39.9 Å². The zero-order chi connectivity index (χ0) is 23.0. The summed E-state index contributed by atoms with van der Waals surface area (Å²) >= 11 is 1.43. The predicted octanol–water partition coefficient (Wildman–Crippen LogP) is 4.85. The van der Waals surface area contributed by atoms with Gasteiger partial charge in [0.2, 0.25) is 0 Å². The van der Waals surface area contributed by atoms with E-state index in [9.17, 15) is 18.0 Å². The maximum atomic E-state index is 13.2. The highest BCUT2D eigenvalue weighted by Gasteiger charge is 2.30. The largest absolute Gasteiger partial charge is 0.416 e. The molecule has 1 saturated heterocycles. The Balaban J connectivity index is 1.41. The minimum absolute atomic E-state index is 0.0112. The second-order valence-electron chi connectivity index (χ2n) is 8.08. The van der Waals surface area contributed by atoms with Gasteiger partial charge in [-0.3, -0.25) is 9.69 Å². The number of nitrogens with zero attached hydrogens (tertiary/aromatic N) is 4. The lowest BCUT2D eigenvalue weighted by Gasteiger charge is -2.34. The summed E-state index contributed by atoms with van der Waals surface area (Å²) in [4.78, 5) is 27.9. The molecule has 0 radical (unpaired) electrons. The number of carbonyl (C=O) groups excluding carboxylic acids is 1. The maximum absolute atomic E-state index is 13.2. The Morgan fingerprint density at radius 1 is 1.06 bits per heavy atom. The Kier molecular flexibility index (Phi) is 6.22. The SMILES string of the molecule is CCc1nc(C)c2c(C)c(C(=O)N3CCN(Cc4ccc(C(F)(F)F)cc4)CC3)sc2n1. The number of benzene rings is 1. The van der Waals surface area contributed by atoms with E-state index < -0.39 is 11.7 Å². The summed E-state index contributed by atoms with van der Waals surface area (Å²) in [6.07, 6.45) is -3.57. The van der Waals surface area contributed by atoms with Crippen LogP contribution in [0.5, 0.6) is 0 Å². The van der Waals surface area contributed by atoms with Crippen LogP contribution in [0.1, 0.15) is 44.8 Å². The molecule has 1 aliphatic heterocycles. The third-order valence-corrected chi connectivity index (χ3v) is 7.05. The van der Waals surface area contributed by atoms with Crippen molar-refractivity contribution in [3.8, 4) is 0 Å². The molecule has 3 aromatic rings. The minimum Gasteiger partial charge on any atom is -0.335 e. The normalized spacial score (nSPS) is 15.5. The van der Waals surface area contributed by atoms with Crippen molar-refractivity contribution in [3.05, 3.63) is 57.4 Å². The Hall–Kier alpha value is -2.52. The third kappa shape index (κ3) is 4.49. The molecule has 9 heteroatoms. The highest BCUT2D eigenvalue weighted by Crippen LogP contribution is 2.33. The summed E-state index contributed by atoms with van der Waals surface area (Å²) in [6, 6.07) is 5.28. The standard InChI is InChI=1S/C23H25F3N4OS/c1-4-18-27-15(3)19-14(2)20(32-21(19)28-18)22(31)30-11-9-29(10-12-30)13-16-5-7-17(8-6-16)23(24,25)26/h5-8H,4,9-13H2,1-3H3. The van der Waals surface area contributed by atoms with E-state index in [2.05, 4.69) is 14.9 Å². The van der Waals surface area contributed by atoms with Crippen LogP contribution in [0.15, 0.2) is 24.3 Å². The molecular formula is C23H25F3N4OS. The fourth-order valence-electron chi connectivity index (χ4n) is 4.07. The Morgan fingerprint density at radius 2 is 1.72 bits per heavy atom. The molecule has 0 atom stereocenters. The van der Waals surface area contributed by atoms with Gasteiger partial charge in [-0.25, -0.2) is 9.97 Å². The molecule has 1 aromatic carbocycles. The summed E-state index contributed by atoms with van der Waals surface area (Å²) in [7, 11) is 0. The number of carbonyl (C=O) groups is 1. The van der Waals surface area contributed by atoms with Gasteiger partial charge in [0.25, 0.3) is 5.91 Å². The van der Waals surface area contributed by atoms with Crippen LogP contribution >= 0.6 is 11.3 Å². The number of aromatic nitrogens is 2. The first kappa shape index (κ1) is 22.7. The molecule has 0 unspecified atom stereocenters. The number of aryl methyl sites for hydroxylation is 3. The molecule has 1 fully saturated rings. The summed E-state index contributed by atoms with van der Waals surface area (Å²) in [5, 5.41) is 0.969. The highest BCUT2D eigenvalue weighted by molar-refractivity contribution is 7.20. The molecule has 0 bridgehead atoms. The number of hydrogen-bond donors (Lipinski definition) is 0. The van der Waals surface area contributed by atoms with Crippen LogP contribution in [0, 0.1) is 13.8 Å². The molecular weight excluding hydrogens is 437 g/mol. The number of halogens is 3. The fourth-order valence-corrected chi connectivity index (χ4v) is 5.29. The van der Waals surface area contributed by atoms with Crippen molar-refractivity contribution in [3.63, 3.8) is 0 Å². The Morgan fingerprint density at radius 3 is 2.31 bits per heavy atom. The Labute approximate surface area is 188 Å². The molecule has 32 heavy (non-hydrogen) atoms. The minimum atomic E-state index is -4.32. The monoisotopic (exact) mass is 462 g/mol. The molecule has 0 N–H and O–H groups in total. The van der Waals surface area contributed by atoms with Crippen LogP contribution in [0.2, 0.25) is 0 Å². The van der Waals surface area contributed by atoms with E-state index in [0.717, 1.165) is 51.4 Å². The molecule has 5 nitrogen and oxygen atoms in total.